The van der Waals surface area contributed by atoms with E-state index in [1.165, 1.54) is 0 Å². The van der Waals surface area contributed by atoms with Gasteiger partial charge in [-0.25, -0.2) is 0 Å². The van der Waals surface area contributed by atoms with Gasteiger partial charge in [0.2, 0.25) is 0 Å². The molecule has 0 bridgehead atoms. The molecular weight excluding hydrogens is 248 g/mol. The monoisotopic (exact) mass is 268 g/mol. The Labute approximate surface area is 114 Å². The zero-order valence-corrected chi connectivity index (χ0v) is 11.5. The molecule has 1 aromatic rings. The van der Waals surface area contributed by atoms with Gasteiger partial charge in [-0.2, -0.15) is 0 Å². The van der Waals surface area contributed by atoms with Gasteiger partial charge < -0.3 is 10.1 Å². The average Bonchev–Trinajstić information content (AvgIpc) is 2.40. The molecule has 1 aliphatic heterocycles. The van der Waals surface area contributed by atoms with Crippen LogP contribution in [-0.4, -0.2) is 25.7 Å². The van der Waals surface area contributed by atoms with Crippen molar-refractivity contribution in [3.05, 3.63) is 29.8 Å². The van der Waals surface area contributed by atoms with E-state index < -0.39 is 0 Å². The van der Waals surface area contributed by atoms with Crippen LogP contribution in [0, 0.1) is 0 Å². The molecule has 1 unspecified atom stereocenters. The summed E-state index contributed by atoms with van der Waals surface area (Å²) in [6, 6.07) is 8.49. The molecule has 0 amide bonds. The van der Waals surface area contributed by atoms with Crippen LogP contribution in [0.5, 0.6) is 5.75 Å². The number of rotatable bonds is 5. The topological polar surface area (TPSA) is 33.3 Å². The minimum atomic E-state index is -0.145. The van der Waals surface area contributed by atoms with Gasteiger partial charge in [0.25, 0.3) is 0 Å². The largest absolute Gasteiger partial charge is 0.494 e. The van der Waals surface area contributed by atoms with Gasteiger partial charge in [0.05, 0.1) is 6.61 Å². The maximum atomic E-state index is 6.42. The molecule has 1 atom stereocenters. The summed E-state index contributed by atoms with van der Waals surface area (Å²) in [6.45, 7) is 4.80. The summed E-state index contributed by atoms with van der Waals surface area (Å²) in [7, 11) is 0. The predicted octanol–water partition coefficient (Wildman–Crippen LogP) is 2.66. The van der Waals surface area contributed by atoms with Gasteiger partial charge in [0.1, 0.15) is 11.3 Å². The fourth-order valence-electron chi connectivity index (χ4n) is 2.22. The molecule has 1 aliphatic rings. The SMILES string of the molecule is CCOc1cccc(C(Cl)NC2CCNCC2)c1. The first-order valence-electron chi connectivity index (χ1n) is 6.63. The molecule has 1 fully saturated rings. The Morgan fingerprint density at radius 1 is 1.44 bits per heavy atom. The van der Waals surface area contributed by atoms with Crippen molar-refractivity contribution in [3.63, 3.8) is 0 Å². The van der Waals surface area contributed by atoms with E-state index in [2.05, 4.69) is 10.6 Å². The van der Waals surface area contributed by atoms with Gasteiger partial charge in [-0.05, 0) is 50.6 Å². The summed E-state index contributed by atoms with van der Waals surface area (Å²) in [5.41, 5.74) is 0.926. The van der Waals surface area contributed by atoms with Crippen LogP contribution in [0.2, 0.25) is 0 Å². The van der Waals surface area contributed by atoms with Crippen molar-refractivity contribution in [1.29, 1.82) is 0 Å². The summed E-state index contributed by atoms with van der Waals surface area (Å²) in [5.74, 6) is 0.882. The van der Waals surface area contributed by atoms with Gasteiger partial charge in [-0.15, -0.1) is 11.6 Å². The molecule has 100 valence electrons. The second kappa shape index (κ2) is 6.98. The Morgan fingerprint density at radius 3 is 2.94 bits per heavy atom. The third-order valence-electron chi connectivity index (χ3n) is 3.18. The Balaban J connectivity index is 1.94. The predicted molar refractivity (Wildman–Crippen MR) is 75.2 cm³/mol. The zero-order valence-electron chi connectivity index (χ0n) is 10.8. The molecule has 1 saturated heterocycles. The lowest BCUT2D eigenvalue weighted by Crippen LogP contribution is -2.40. The Morgan fingerprint density at radius 2 is 2.22 bits per heavy atom. The van der Waals surface area contributed by atoms with Crippen LogP contribution in [0.25, 0.3) is 0 Å². The smallest absolute Gasteiger partial charge is 0.119 e. The van der Waals surface area contributed by atoms with Gasteiger partial charge in [-0.3, -0.25) is 5.32 Å². The molecule has 18 heavy (non-hydrogen) atoms. The molecule has 0 aliphatic carbocycles. The van der Waals surface area contributed by atoms with Crippen LogP contribution in [0.3, 0.4) is 0 Å². The Kier molecular flexibility index (Phi) is 5.29. The summed E-state index contributed by atoms with van der Waals surface area (Å²) in [4.78, 5) is 0. The molecule has 2 rings (SSSR count). The molecule has 2 N–H and O–H groups in total. The summed E-state index contributed by atoms with van der Waals surface area (Å²) >= 11 is 6.42. The van der Waals surface area contributed by atoms with E-state index in [1.807, 2.05) is 31.2 Å². The number of ether oxygens (including phenoxy) is 1. The summed E-state index contributed by atoms with van der Waals surface area (Å²) < 4.78 is 5.49. The van der Waals surface area contributed by atoms with E-state index in [0.29, 0.717) is 12.6 Å². The van der Waals surface area contributed by atoms with E-state index in [4.69, 9.17) is 16.3 Å². The fourth-order valence-corrected chi connectivity index (χ4v) is 2.53. The number of hydrogen-bond donors (Lipinski definition) is 2. The molecule has 0 saturated carbocycles. The van der Waals surface area contributed by atoms with Crippen LogP contribution in [0.15, 0.2) is 24.3 Å². The third kappa shape index (κ3) is 3.87. The van der Waals surface area contributed by atoms with Gasteiger partial charge >= 0.3 is 0 Å². The number of halogens is 1. The lowest BCUT2D eigenvalue weighted by atomic mass is 10.1. The molecule has 4 heteroatoms. The number of piperidine rings is 1. The van der Waals surface area contributed by atoms with Crippen LogP contribution in [0.4, 0.5) is 0 Å². The van der Waals surface area contributed by atoms with E-state index in [-0.39, 0.29) is 5.50 Å². The Bertz CT molecular complexity index is 367. The van der Waals surface area contributed by atoms with Crippen molar-refractivity contribution >= 4 is 11.6 Å². The molecule has 0 spiro atoms. The first-order valence-corrected chi connectivity index (χ1v) is 7.07. The number of benzene rings is 1. The normalized spacial score (nSPS) is 18.6. The lowest BCUT2D eigenvalue weighted by molar-refractivity contribution is 0.339. The Hall–Kier alpha value is -0.770. The zero-order chi connectivity index (χ0) is 12.8. The highest BCUT2D eigenvalue weighted by Crippen LogP contribution is 2.23. The molecule has 0 radical (unpaired) electrons. The quantitative estimate of drug-likeness (QED) is 0.636. The van der Waals surface area contributed by atoms with E-state index in [0.717, 1.165) is 37.2 Å². The highest BCUT2D eigenvalue weighted by Gasteiger charge is 2.17. The van der Waals surface area contributed by atoms with E-state index in [9.17, 15) is 0 Å². The van der Waals surface area contributed by atoms with Crippen molar-refractivity contribution in [1.82, 2.24) is 10.6 Å². The summed E-state index contributed by atoms with van der Waals surface area (Å²) in [5, 5.41) is 6.82. The van der Waals surface area contributed by atoms with E-state index in [1.54, 1.807) is 0 Å². The standard InChI is InChI=1S/C14H21ClN2O/c1-2-18-13-5-3-4-11(10-13)14(15)17-12-6-8-16-9-7-12/h3-5,10,12,14,16-17H,2,6-9H2,1H3. The van der Waals surface area contributed by atoms with Crippen molar-refractivity contribution in [2.24, 2.45) is 0 Å². The van der Waals surface area contributed by atoms with E-state index >= 15 is 0 Å². The van der Waals surface area contributed by atoms with Crippen molar-refractivity contribution < 1.29 is 4.74 Å². The maximum Gasteiger partial charge on any atom is 0.119 e. The van der Waals surface area contributed by atoms with Crippen molar-refractivity contribution in [2.75, 3.05) is 19.7 Å². The highest BCUT2D eigenvalue weighted by molar-refractivity contribution is 6.20. The second-order valence-electron chi connectivity index (χ2n) is 4.56. The lowest BCUT2D eigenvalue weighted by Gasteiger charge is -2.26. The minimum absolute atomic E-state index is 0.145. The average molecular weight is 269 g/mol. The molecule has 1 heterocycles. The van der Waals surface area contributed by atoms with Crippen molar-refractivity contribution in [3.8, 4) is 5.75 Å². The number of alkyl halides is 1. The second-order valence-corrected chi connectivity index (χ2v) is 5.00. The first-order chi connectivity index (χ1) is 8.79. The van der Waals surface area contributed by atoms with Crippen LogP contribution in [-0.2, 0) is 0 Å². The number of hydrogen-bond acceptors (Lipinski definition) is 3. The minimum Gasteiger partial charge on any atom is -0.494 e. The van der Waals surface area contributed by atoms with Crippen molar-refractivity contribution in [2.45, 2.75) is 31.3 Å². The van der Waals surface area contributed by atoms with Gasteiger partial charge in [0, 0.05) is 6.04 Å². The van der Waals surface area contributed by atoms with Crippen LogP contribution >= 0.6 is 11.6 Å². The third-order valence-corrected chi connectivity index (χ3v) is 3.56. The number of nitrogens with one attached hydrogen (secondary N) is 2. The highest BCUT2D eigenvalue weighted by atomic mass is 35.5. The fraction of sp³-hybridized carbons (Fsp3) is 0.571. The van der Waals surface area contributed by atoms with Crippen LogP contribution in [0.1, 0.15) is 30.8 Å². The van der Waals surface area contributed by atoms with Gasteiger partial charge in [0.15, 0.2) is 0 Å². The first kappa shape index (κ1) is 13.7. The molecule has 3 nitrogen and oxygen atoms in total. The van der Waals surface area contributed by atoms with Gasteiger partial charge in [-0.1, -0.05) is 12.1 Å². The maximum absolute atomic E-state index is 6.42. The molecule has 0 aromatic heterocycles. The van der Waals surface area contributed by atoms with Crippen LogP contribution < -0.4 is 15.4 Å². The molecular formula is C14H21ClN2O. The molecule has 1 aromatic carbocycles. The summed E-state index contributed by atoms with van der Waals surface area (Å²) in [6.07, 6.45) is 2.27.